The Morgan fingerprint density at radius 3 is 2.53 bits per heavy atom. The Morgan fingerprint density at radius 1 is 1.18 bits per heavy atom. The first-order valence-corrected chi connectivity index (χ1v) is 6.41. The molecule has 1 aromatic rings. The normalized spacial score (nSPS) is 15.2. The van der Waals surface area contributed by atoms with Crippen LogP contribution in [0, 0.1) is 11.8 Å². The van der Waals surface area contributed by atoms with E-state index in [9.17, 15) is 0 Å². The van der Waals surface area contributed by atoms with Gasteiger partial charge in [-0.2, -0.15) is 0 Å². The van der Waals surface area contributed by atoms with E-state index in [1.807, 2.05) is 0 Å². The SMILES string of the molecule is ClCCC#Cc1ccc(N2CCOCC2)cc1. The number of alkyl halides is 1. The van der Waals surface area contributed by atoms with E-state index in [4.69, 9.17) is 16.3 Å². The van der Waals surface area contributed by atoms with Crippen molar-refractivity contribution in [3.63, 3.8) is 0 Å². The summed E-state index contributed by atoms with van der Waals surface area (Å²) in [6.07, 6.45) is 0.743. The van der Waals surface area contributed by atoms with Crippen molar-refractivity contribution in [3.8, 4) is 11.8 Å². The van der Waals surface area contributed by atoms with Crippen molar-refractivity contribution in [3.05, 3.63) is 29.8 Å². The summed E-state index contributed by atoms with van der Waals surface area (Å²) in [5.74, 6) is 6.73. The molecular formula is C14H16ClNO. The Balaban J connectivity index is 2.00. The predicted molar refractivity (Wildman–Crippen MR) is 71.7 cm³/mol. The molecule has 0 bridgehead atoms. The van der Waals surface area contributed by atoms with Gasteiger partial charge in [-0.15, -0.1) is 11.6 Å². The zero-order valence-corrected chi connectivity index (χ0v) is 10.5. The largest absolute Gasteiger partial charge is 0.378 e. The van der Waals surface area contributed by atoms with Gasteiger partial charge in [0.05, 0.1) is 13.2 Å². The van der Waals surface area contributed by atoms with Crippen LogP contribution in [-0.4, -0.2) is 32.2 Å². The molecule has 0 radical (unpaired) electrons. The fourth-order valence-corrected chi connectivity index (χ4v) is 1.88. The van der Waals surface area contributed by atoms with E-state index in [0.29, 0.717) is 5.88 Å². The molecule has 0 N–H and O–H groups in total. The van der Waals surface area contributed by atoms with E-state index in [-0.39, 0.29) is 0 Å². The zero-order valence-electron chi connectivity index (χ0n) is 9.79. The van der Waals surface area contributed by atoms with Crippen LogP contribution >= 0.6 is 11.6 Å². The third-order valence-electron chi connectivity index (χ3n) is 2.70. The van der Waals surface area contributed by atoms with Crippen LogP contribution in [0.4, 0.5) is 5.69 Å². The molecular weight excluding hydrogens is 234 g/mol. The zero-order chi connectivity index (χ0) is 11.9. The number of ether oxygens (including phenoxy) is 1. The number of anilines is 1. The Kier molecular flexibility index (Phi) is 4.73. The highest BCUT2D eigenvalue weighted by molar-refractivity contribution is 6.18. The molecule has 1 fully saturated rings. The molecule has 0 saturated carbocycles. The van der Waals surface area contributed by atoms with Gasteiger partial charge in [0.1, 0.15) is 0 Å². The summed E-state index contributed by atoms with van der Waals surface area (Å²) in [5.41, 5.74) is 2.29. The topological polar surface area (TPSA) is 12.5 Å². The van der Waals surface area contributed by atoms with E-state index >= 15 is 0 Å². The number of hydrogen-bond acceptors (Lipinski definition) is 2. The number of benzene rings is 1. The van der Waals surface area contributed by atoms with Gasteiger partial charge < -0.3 is 9.64 Å². The van der Waals surface area contributed by atoms with Gasteiger partial charge in [-0.1, -0.05) is 11.8 Å². The van der Waals surface area contributed by atoms with E-state index in [1.165, 1.54) is 5.69 Å². The molecule has 0 aliphatic carbocycles. The van der Waals surface area contributed by atoms with Gasteiger partial charge in [-0.3, -0.25) is 0 Å². The first-order chi connectivity index (χ1) is 8.40. The maximum absolute atomic E-state index is 5.57. The summed E-state index contributed by atoms with van der Waals surface area (Å²) in [7, 11) is 0. The van der Waals surface area contributed by atoms with Gasteiger partial charge in [-0.25, -0.2) is 0 Å². The van der Waals surface area contributed by atoms with Gasteiger partial charge >= 0.3 is 0 Å². The molecule has 0 unspecified atom stereocenters. The Hall–Kier alpha value is -1.17. The van der Waals surface area contributed by atoms with Crippen LogP contribution in [0.2, 0.25) is 0 Å². The summed E-state index contributed by atoms with van der Waals surface area (Å²) < 4.78 is 5.33. The average molecular weight is 250 g/mol. The van der Waals surface area contributed by atoms with Crippen LogP contribution in [-0.2, 0) is 4.74 Å². The van der Waals surface area contributed by atoms with Gasteiger partial charge in [0, 0.05) is 36.6 Å². The van der Waals surface area contributed by atoms with E-state index in [2.05, 4.69) is 41.0 Å². The highest BCUT2D eigenvalue weighted by Gasteiger charge is 2.10. The Bertz CT molecular complexity index is 398. The molecule has 0 spiro atoms. The highest BCUT2D eigenvalue weighted by atomic mass is 35.5. The van der Waals surface area contributed by atoms with Crippen molar-refractivity contribution in [2.24, 2.45) is 0 Å². The molecule has 1 heterocycles. The van der Waals surface area contributed by atoms with Crippen LogP contribution < -0.4 is 4.90 Å². The lowest BCUT2D eigenvalue weighted by Gasteiger charge is -2.28. The number of morpholine rings is 1. The van der Waals surface area contributed by atoms with Crippen molar-refractivity contribution < 1.29 is 4.74 Å². The summed E-state index contributed by atoms with van der Waals surface area (Å²) in [6.45, 7) is 3.57. The van der Waals surface area contributed by atoms with Crippen molar-refractivity contribution in [2.45, 2.75) is 6.42 Å². The van der Waals surface area contributed by atoms with Crippen LogP contribution in [0.15, 0.2) is 24.3 Å². The Labute approximate surface area is 108 Å². The van der Waals surface area contributed by atoms with E-state index in [1.54, 1.807) is 0 Å². The maximum Gasteiger partial charge on any atom is 0.0642 e. The maximum atomic E-state index is 5.57. The molecule has 0 aromatic heterocycles. The minimum absolute atomic E-state index is 0.596. The van der Waals surface area contributed by atoms with Crippen molar-refractivity contribution in [1.29, 1.82) is 0 Å². The summed E-state index contributed by atoms with van der Waals surface area (Å²) in [6, 6.07) is 8.37. The smallest absolute Gasteiger partial charge is 0.0642 e. The molecule has 1 aliphatic heterocycles. The lowest BCUT2D eigenvalue weighted by Crippen LogP contribution is -2.36. The first kappa shape index (κ1) is 12.3. The summed E-state index contributed by atoms with van der Waals surface area (Å²) in [5, 5.41) is 0. The fraction of sp³-hybridized carbons (Fsp3) is 0.429. The summed E-state index contributed by atoms with van der Waals surface area (Å²) >= 11 is 5.57. The number of hydrogen-bond donors (Lipinski definition) is 0. The second kappa shape index (κ2) is 6.54. The lowest BCUT2D eigenvalue weighted by molar-refractivity contribution is 0.122. The monoisotopic (exact) mass is 249 g/mol. The molecule has 1 aliphatic rings. The van der Waals surface area contributed by atoms with Crippen LogP contribution in [0.1, 0.15) is 12.0 Å². The number of nitrogens with zero attached hydrogens (tertiary/aromatic N) is 1. The third-order valence-corrected chi connectivity index (χ3v) is 2.88. The van der Waals surface area contributed by atoms with Crippen molar-refractivity contribution in [1.82, 2.24) is 0 Å². The quantitative estimate of drug-likeness (QED) is 0.590. The lowest BCUT2D eigenvalue weighted by atomic mass is 10.2. The molecule has 3 heteroatoms. The number of halogens is 1. The van der Waals surface area contributed by atoms with Gasteiger partial charge in [0.15, 0.2) is 0 Å². The molecule has 0 amide bonds. The second-order valence-electron chi connectivity index (χ2n) is 3.89. The second-order valence-corrected chi connectivity index (χ2v) is 4.27. The molecule has 17 heavy (non-hydrogen) atoms. The summed E-state index contributed by atoms with van der Waals surface area (Å²) in [4.78, 5) is 2.33. The van der Waals surface area contributed by atoms with Crippen LogP contribution in [0.3, 0.4) is 0 Å². The van der Waals surface area contributed by atoms with Gasteiger partial charge in [0.25, 0.3) is 0 Å². The first-order valence-electron chi connectivity index (χ1n) is 5.88. The Morgan fingerprint density at radius 2 is 1.88 bits per heavy atom. The molecule has 2 nitrogen and oxygen atoms in total. The minimum atomic E-state index is 0.596. The molecule has 1 saturated heterocycles. The molecule has 0 atom stereocenters. The van der Waals surface area contributed by atoms with Gasteiger partial charge in [-0.05, 0) is 24.3 Å². The molecule has 2 rings (SSSR count). The molecule has 90 valence electrons. The van der Waals surface area contributed by atoms with Gasteiger partial charge in [0.2, 0.25) is 0 Å². The number of rotatable bonds is 2. The van der Waals surface area contributed by atoms with Crippen LogP contribution in [0.5, 0.6) is 0 Å². The van der Waals surface area contributed by atoms with E-state index < -0.39 is 0 Å². The fourth-order valence-electron chi connectivity index (χ4n) is 1.79. The third kappa shape index (κ3) is 3.66. The van der Waals surface area contributed by atoms with Crippen molar-refractivity contribution in [2.75, 3.05) is 37.1 Å². The van der Waals surface area contributed by atoms with Crippen molar-refractivity contribution >= 4 is 17.3 Å². The van der Waals surface area contributed by atoms with E-state index in [0.717, 1.165) is 38.3 Å². The minimum Gasteiger partial charge on any atom is -0.378 e. The van der Waals surface area contributed by atoms with Crippen LogP contribution in [0.25, 0.3) is 0 Å². The highest BCUT2D eigenvalue weighted by Crippen LogP contribution is 2.16. The average Bonchev–Trinajstić information content (AvgIpc) is 2.41. The predicted octanol–water partition coefficient (Wildman–Crippen LogP) is 2.50. The standard InChI is InChI=1S/C14H16ClNO/c15-8-2-1-3-13-4-6-14(7-5-13)16-9-11-17-12-10-16/h4-7H,2,8-12H2. The molecule has 1 aromatic carbocycles.